The first-order valence-electron chi connectivity index (χ1n) is 6.74. The van der Waals surface area contributed by atoms with Gasteiger partial charge in [-0.3, -0.25) is 0 Å². The van der Waals surface area contributed by atoms with E-state index in [-0.39, 0.29) is 0 Å². The van der Waals surface area contributed by atoms with Gasteiger partial charge in [0.1, 0.15) is 11.5 Å². The largest absolute Gasteiger partial charge is 0.494 e. The quantitative estimate of drug-likeness (QED) is 0.871. The Morgan fingerprint density at radius 1 is 1.15 bits per heavy atom. The number of aliphatic hydroxyl groups is 1. The normalized spacial score (nSPS) is 11.9. The van der Waals surface area contributed by atoms with Gasteiger partial charge in [-0.25, -0.2) is 4.98 Å². The van der Waals surface area contributed by atoms with E-state index in [1.165, 1.54) is 0 Å². The van der Waals surface area contributed by atoms with Crippen LogP contribution in [0, 0.1) is 0 Å². The number of pyridine rings is 1. The lowest BCUT2D eigenvalue weighted by atomic mass is 10.2. The van der Waals surface area contributed by atoms with Crippen molar-refractivity contribution in [3.05, 3.63) is 48.2 Å². The fourth-order valence-corrected chi connectivity index (χ4v) is 1.74. The van der Waals surface area contributed by atoms with E-state index in [0.717, 1.165) is 12.2 Å². The second-order valence-corrected chi connectivity index (χ2v) is 4.50. The molecule has 0 bridgehead atoms. The topological polar surface area (TPSA) is 51.6 Å². The Morgan fingerprint density at radius 3 is 2.50 bits per heavy atom. The van der Waals surface area contributed by atoms with Crippen LogP contribution in [0.15, 0.2) is 42.6 Å². The first-order chi connectivity index (χ1) is 9.70. The minimum Gasteiger partial charge on any atom is -0.494 e. The van der Waals surface area contributed by atoms with E-state index in [1.807, 2.05) is 24.3 Å². The van der Waals surface area contributed by atoms with Gasteiger partial charge >= 0.3 is 0 Å². The molecule has 0 spiro atoms. The number of rotatable bonds is 6. The van der Waals surface area contributed by atoms with E-state index in [0.29, 0.717) is 23.8 Å². The van der Waals surface area contributed by atoms with Crippen molar-refractivity contribution in [3.63, 3.8) is 0 Å². The van der Waals surface area contributed by atoms with Crippen LogP contribution < -0.4 is 9.47 Å². The van der Waals surface area contributed by atoms with E-state index < -0.39 is 6.10 Å². The number of nitrogens with zero attached hydrogens (tertiary/aromatic N) is 1. The van der Waals surface area contributed by atoms with Gasteiger partial charge in [-0.1, -0.05) is 6.92 Å². The molecule has 106 valence electrons. The van der Waals surface area contributed by atoms with Crippen LogP contribution in [0.25, 0.3) is 0 Å². The van der Waals surface area contributed by atoms with Crippen LogP contribution >= 0.6 is 0 Å². The molecule has 0 unspecified atom stereocenters. The second-order valence-electron chi connectivity index (χ2n) is 4.50. The van der Waals surface area contributed by atoms with E-state index in [2.05, 4.69) is 11.9 Å². The number of aliphatic hydroxyl groups excluding tert-OH is 1. The third-order valence-electron chi connectivity index (χ3n) is 2.76. The summed E-state index contributed by atoms with van der Waals surface area (Å²) < 4.78 is 11.2. The first kappa shape index (κ1) is 14.3. The van der Waals surface area contributed by atoms with Crippen molar-refractivity contribution in [1.29, 1.82) is 0 Å². The minimum absolute atomic E-state index is 0.421. The van der Waals surface area contributed by atoms with Gasteiger partial charge in [-0.2, -0.15) is 0 Å². The SMILES string of the molecule is CCCOc1ccc(Oc2ncccc2[C@H](C)O)cc1. The van der Waals surface area contributed by atoms with Crippen molar-refractivity contribution >= 4 is 0 Å². The van der Waals surface area contributed by atoms with E-state index in [1.54, 1.807) is 25.3 Å². The Bertz CT molecular complexity index is 538. The van der Waals surface area contributed by atoms with Gasteiger partial charge in [-0.15, -0.1) is 0 Å². The van der Waals surface area contributed by atoms with Crippen molar-refractivity contribution < 1.29 is 14.6 Å². The summed E-state index contributed by atoms with van der Waals surface area (Å²) in [5.41, 5.74) is 0.666. The molecule has 1 aromatic heterocycles. The van der Waals surface area contributed by atoms with Crippen molar-refractivity contribution in [2.45, 2.75) is 26.4 Å². The molecule has 4 nitrogen and oxygen atoms in total. The van der Waals surface area contributed by atoms with Crippen LogP contribution in [0.3, 0.4) is 0 Å². The molecule has 0 amide bonds. The number of hydrogen-bond donors (Lipinski definition) is 1. The summed E-state index contributed by atoms with van der Waals surface area (Å²) in [6, 6.07) is 10.9. The van der Waals surface area contributed by atoms with Crippen LogP contribution in [0.1, 0.15) is 31.9 Å². The number of benzene rings is 1. The molecule has 1 atom stereocenters. The molecule has 0 aliphatic rings. The summed E-state index contributed by atoms with van der Waals surface area (Å²) in [5, 5.41) is 9.68. The molecule has 1 aromatic carbocycles. The molecule has 0 aliphatic carbocycles. The summed E-state index contributed by atoms with van der Waals surface area (Å²) in [5.74, 6) is 1.90. The van der Waals surface area contributed by atoms with Crippen LogP contribution in [0.2, 0.25) is 0 Å². The molecule has 0 saturated heterocycles. The molecule has 0 saturated carbocycles. The maximum atomic E-state index is 9.68. The molecule has 1 heterocycles. The standard InChI is InChI=1S/C16H19NO3/c1-3-11-19-13-6-8-14(9-7-13)20-16-15(12(2)18)5-4-10-17-16/h4-10,12,18H,3,11H2,1-2H3/t12-/m0/s1. The predicted molar refractivity (Wildman–Crippen MR) is 77.2 cm³/mol. The fraction of sp³-hybridized carbons (Fsp3) is 0.312. The van der Waals surface area contributed by atoms with Gasteiger partial charge in [-0.05, 0) is 49.7 Å². The number of hydrogen-bond acceptors (Lipinski definition) is 4. The summed E-state index contributed by atoms with van der Waals surface area (Å²) in [6.45, 7) is 4.45. The molecule has 2 rings (SSSR count). The Kier molecular flexibility index (Phi) is 4.96. The zero-order valence-electron chi connectivity index (χ0n) is 11.7. The lowest BCUT2D eigenvalue weighted by molar-refractivity contribution is 0.194. The maximum absolute atomic E-state index is 9.68. The molecule has 0 fully saturated rings. The van der Waals surface area contributed by atoms with Gasteiger partial charge in [0.2, 0.25) is 5.88 Å². The smallest absolute Gasteiger partial charge is 0.225 e. The second kappa shape index (κ2) is 6.91. The van der Waals surface area contributed by atoms with Crippen LogP contribution in [0.4, 0.5) is 0 Å². The average molecular weight is 273 g/mol. The van der Waals surface area contributed by atoms with E-state index in [4.69, 9.17) is 9.47 Å². The van der Waals surface area contributed by atoms with Crippen molar-refractivity contribution in [2.24, 2.45) is 0 Å². The molecular weight excluding hydrogens is 254 g/mol. The molecule has 20 heavy (non-hydrogen) atoms. The summed E-state index contributed by atoms with van der Waals surface area (Å²) in [7, 11) is 0. The first-order valence-corrected chi connectivity index (χ1v) is 6.74. The third-order valence-corrected chi connectivity index (χ3v) is 2.76. The van der Waals surface area contributed by atoms with Crippen molar-refractivity contribution in [2.75, 3.05) is 6.61 Å². The van der Waals surface area contributed by atoms with Crippen molar-refractivity contribution in [3.8, 4) is 17.4 Å². The van der Waals surface area contributed by atoms with Gasteiger partial charge in [0.25, 0.3) is 0 Å². The summed E-state index contributed by atoms with van der Waals surface area (Å²) in [4.78, 5) is 4.15. The van der Waals surface area contributed by atoms with Crippen LogP contribution in [-0.2, 0) is 0 Å². The maximum Gasteiger partial charge on any atom is 0.225 e. The molecule has 0 radical (unpaired) electrons. The fourth-order valence-electron chi connectivity index (χ4n) is 1.74. The number of ether oxygens (including phenoxy) is 2. The van der Waals surface area contributed by atoms with Gasteiger partial charge in [0.05, 0.1) is 12.7 Å². The molecular formula is C16H19NO3. The lowest BCUT2D eigenvalue weighted by Crippen LogP contribution is -1.98. The summed E-state index contributed by atoms with van der Waals surface area (Å²) >= 11 is 0. The van der Waals surface area contributed by atoms with Crippen LogP contribution in [0.5, 0.6) is 17.4 Å². The zero-order chi connectivity index (χ0) is 14.4. The Morgan fingerprint density at radius 2 is 1.85 bits per heavy atom. The average Bonchev–Trinajstić information content (AvgIpc) is 2.47. The Balaban J connectivity index is 2.10. The molecule has 4 heteroatoms. The molecule has 0 aliphatic heterocycles. The van der Waals surface area contributed by atoms with Gasteiger partial charge < -0.3 is 14.6 Å². The Labute approximate surface area is 119 Å². The molecule has 1 N–H and O–H groups in total. The molecule has 2 aromatic rings. The van der Waals surface area contributed by atoms with E-state index >= 15 is 0 Å². The Hall–Kier alpha value is -2.07. The highest BCUT2D eigenvalue weighted by Gasteiger charge is 2.10. The number of aromatic nitrogens is 1. The third kappa shape index (κ3) is 3.71. The van der Waals surface area contributed by atoms with Gasteiger partial charge in [0, 0.05) is 11.8 Å². The predicted octanol–water partition coefficient (Wildman–Crippen LogP) is 3.72. The lowest BCUT2D eigenvalue weighted by Gasteiger charge is -2.12. The summed E-state index contributed by atoms with van der Waals surface area (Å²) in [6.07, 6.45) is 2.00. The monoisotopic (exact) mass is 273 g/mol. The van der Waals surface area contributed by atoms with Crippen molar-refractivity contribution in [1.82, 2.24) is 4.98 Å². The highest BCUT2D eigenvalue weighted by atomic mass is 16.5. The van der Waals surface area contributed by atoms with Crippen LogP contribution in [-0.4, -0.2) is 16.7 Å². The minimum atomic E-state index is -0.620. The highest BCUT2D eigenvalue weighted by molar-refractivity contribution is 5.36. The van der Waals surface area contributed by atoms with Gasteiger partial charge in [0.15, 0.2) is 0 Å². The zero-order valence-corrected chi connectivity index (χ0v) is 11.7. The van der Waals surface area contributed by atoms with E-state index in [9.17, 15) is 5.11 Å². The highest BCUT2D eigenvalue weighted by Crippen LogP contribution is 2.28.